The lowest BCUT2D eigenvalue weighted by Crippen LogP contribution is -2.47. The molecule has 1 fully saturated rings. The molecule has 1 aromatic carbocycles. The van der Waals surface area contributed by atoms with Gasteiger partial charge in [-0.2, -0.15) is 5.10 Å². The van der Waals surface area contributed by atoms with E-state index in [-0.39, 0.29) is 6.10 Å². The minimum absolute atomic E-state index is 0.00293. The first kappa shape index (κ1) is 22.3. The van der Waals surface area contributed by atoms with E-state index in [0.717, 1.165) is 36.8 Å². The van der Waals surface area contributed by atoms with Crippen LogP contribution in [0.25, 0.3) is 0 Å². The maximum Gasteiger partial charge on any atom is 0.194 e. The lowest BCUT2D eigenvalue weighted by molar-refractivity contribution is -0.00805. The van der Waals surface area contributed by atoms with Gasteiger partial charge in [0.15, 0.2) is 5.96 Å². The first-order chi connectivity index (χ1) is 14.7. The number of rotatable bonds is 9. The number of ether oxygens (including phenoxy) is 3. The Balaban J connectivity index is 1.50. The number of hydrogen-bond acceptors (Lipinski definition) is 5. The Morgan fingerprint density at radius 1 is 1.30 bits per heavy atom. The summed E-state index contributed by atoms with van der Waals surface area (Å²) >= 11 is 0. The highest BCUT2D eigenvalue weighted by atomic mass is 16.5. The second-order valence-corrected chi connectivity index (χ2v) is 7.22. The van der Waals surface area contributed by atoms with Crippen LogP contribution in [0.4, 0.5) is 0 Å². The number of aryl methyl sites for hydroxylation is 1. The molecule has 1 unspecified atom stereocenters. The topological polar surface area (TPSA) is 73.1 Å². The molecule has 1 aromatic heterocycles. The van der Waals surface area contributed by atoms with Gasteiger partial charge in [0, 0.05) is 45.6 Å². The summed E-state index contributed by atoms with van der Waals surface area (Å²) in [5, 5.41) is 7.74. The highest BCUT2D eigenvalue weighted by Gasteiger charge is 2.25. The molecule has 0 radical (unpaired) electrons. The molecule has 0 spiro atoms. The lowest BCUT2D eigenvalue weighted by Gasteiger charge is -2.34. The summed E-state index contributed by atoms with van der Waals surface area (Å²) in [5.41, 5.74) is 3.44. The fraction of sp³-hybridized carbons (Fsp3) is 0.545. The van der Waals surface area contributed by atoms with Crippen LogP contribution in [-0.4, -0.2) is 67.2 Å². The third-order valence-corrected chi connectivity index (χ3v) is 4.96. The number of hydrogen-bond donors (Lipinski definition) is 1. The van der Waals surface area contributed by atoms with Crippen LogP contribution in [0, 0.1) is 0 Å². The molecule has 0 bridgehead atoms. The van der Waals surface area contributed by atoms with Gasteiger partial charge in [-0.15, -0.1) is 0 Å². The van der Waals surface area contributed by atoms with Crippen molar-refractivity contribution in [1.29, 1.82) is 0 Å². The van der Waals surface area contributed by atoms with Gasteiger partial charge in [-0.3, -0.25) is 9.67 Å². The van der Waals surface area contributed by atoms with Crippen LogP contribution in [0.2, 0.25) is 0 Å². The van der Waals surface area contributed by atoms with E-state index >= 15 is 0 Å². The Morgan fingerprint density at radius 2 is 2.13 bits per heavy atom. The van der Waals surface area contributed by atoms with E-state index in [1.54, 1.807) is 4.68 Å². The van der Waals surface area contributed by atoms with Crippen LogP contribution >= 0.6 is 0 Å². The fourth-order valence-corrected chi connectivity index (χ4v) is 3.44. The van der Waals surface area contributed by atoms with Crippen LogP contribution in [-0.2, 0) is 34.4 Å². The Morgan fingerprint density at radius 3 is 2.90 bits per heavy atom. The van der Waals surface area contributed by atoms with Crippen LogP contribution < -0.4 is 5.32 Å². The summed E-state index contributed by atoms with van der Waals surface area (Å²) in [7, 11) is 3.74. The van der Waals surface area contributed by atoms with Gasteiger partial charge in [-0.05, 0) is 18.1 Å². The SMILES string of the molecule is CCOCCOCc1cccc(CNC(=NC)N2CCOC(c3cnn(C)c3)C2)c1. The zero-order valence-corrected chi connectivity index (χ0v) is 18.2. The first-order valence-corrected chi connectivity index (χ1v) is 10.5. The van der Waals surface area contributed by atoms with Crippen molar-refractivity contribution in [3.8, 4) is 0 Å². The van der Waals surface area contributed by atoms with Gasteiger partial charge in [-0.1, -0.05) is 24.3 Å². The highest BCUT2D eigenvalue weighted by Crippen LogP contribution is 2.21. The number of benzene rings is 1. The minimum Gasteiger partial charge on any atom is -0.379 e. The second-order valence-electron chi connectivity index (χ2n) is 7.22. The number of morpholine rings is 1. The molecule has 8 heteroatoms. The second kappa shape index (κ2) is 11.7. The maximum absolute atomic E-state index is 5.94. The molecule has 0 saturated carbocycles. The van der Waals surface area contributed by atoms with E-state index in [9.17, 15) is 0 Å². The van der Waals surface area contributed by atoms with Gasteiger partial charge in [-0.25, -0.2) is 0 Å². The van der Waals surface area contributed by atoms with Crippen molar-refractivity contribution in [3.05, 3.63) is 53.3 Å². The number of aromatic nitrogens is 2. The summed E-state index contributed by atoms with van der Waals surface area (Å²) in [6, 6.07) is 8.42. The molecule has 30 heavy (non-hydrogen) atoms. The van der Waals surface area contributed by atoms with Gasteiger partial charge in [0.25, 0.3) is 0 Å². The predicted molar refractivity (Wildman–Crippen MR) is 116 cm³/mol. The van der Waals surface area contributed by atoms with E-state index < -0.39 is 0 Å². The summed E-state index contributed by atoms with van der Waals surface area (Å²) in [6.45, 7) is 7.46. The van der Waals surface area contributed by atoms with Crippen LogP contribution in [0.5, 0.6) is 0 Å². The van der Waals surface area contributed by atoms with E-state index in [2.05, 4.69) is 44.6 Å². The third-order valence-electron chi connectivity index (χ3n) is 4.96. The fourth-order valence-electron chi connectivity index (χ4n) is 3.44. The molecule has 164 valence electrons. The van der Waals surface area contributed by atoms with Crippen LogP contribution in [0.1, 0.15) is 29.7 Å². The smallest absolute Gasteiger partial charge is 0.194 e. The van der Waals surface area contributed by atoms with Gasteiger partial charge < -0.3 is 24.4 Å². The Labute approximate surface area is 178 Å². The van der Waals surface area contributed by atoms with Crippen LogP contribution in [0.3, 0.4) is 0 Å². The summed E-state index contributed by atoms with van der Waals surface area (Å²) in [6.07, 6.45) is 3.88. The first-order valence-electron chi connectivity index (χ1n) is 10.5. The molecule has 2 aromatic rings. The van der Waals surface area contributed by atoms with Crippen LogP contribution in [0.15, 0.2) is 41.7 Å². The number of nitrogens with zero attached hydrogens (tertiary/aromatic N) is 4. The van der Waals surface area contributed by atoms with Crippen molar-refractivity contribution in [3.63, 3.8) is 0 Å². The average molecular weight is 416 g/mol. The standard InChI is InChI=1S/C22H33N5O3/c1-4-28-10-11-29-17-19-7-5-6-18(12-19)13-24-22(23-2)27-8-9-30-21(16-27)20-14-25-26(3)15-20/h5-7,12,14-15,21H,4,8-11,13,16-17H2,1-3H3,(H,23,24). The molecular weight excluding hydrogens is 382 g/mol. The minimum atomic E-state index is 0.00293. The van der Waals surface area contributed by atoms with Gasteiger partial charge in [0.1, 0.15) is 6.10 Å². The van der Waals surface area contributed by atoms with Crippen molar-refractivity contribution in [2.45, 2.75) is 26.2 Å². The maximum atomic E-state index is 5.94. The Hall–Kier alpha value is -2.42. The number of aliphatic imine (C=N–C) groups is 1. The molecule has 1 aliphatic rings. The zero-order chi connectivity index (χ0) is 21.2. The van der Waals surface area contributed by atoms with Crippen molar-refractivity contribution < 1.29 is 14.2 Å². The van der Waals surface area contributed by atoms with Crippen molar-refractivity contribution in [2.24, 2.45) is 12.0 Å². The van der Waals surface area contributed by atoms with Crippen molar-refractivity contribution in [2.75, 3.05) is 46.6 Å². The molecule has 1 aliphatic heterocycles. The average Bonchev–Trinajstić information content (AvgIpc) is 3.21. The monoisotopic (exact) mass is 415 g/mol. The molecule has 1 saturated heterocycles. The number of guanidine groups is 1. The van der Waals surface area contributed by atoms with E-state index in [1.165, 1.54) is 5.56 Å². The quantitative estimate of drug-likeness (QED) is 0.384. The Bertz CT molecular complexity index is 808. The van der Waals surface area contributed by atoms with Gasteiger partial charge in [0.05, 0.1) is 39.2 Å². The zero-order valence-electron chi connectivity index (χ0n) is 18.2. The largest absolute Gasteiger partial charge is 0.379 e. The molecule has 1 atom stereocenters. The third kappa shape index (κ3) is 6.55. The molecule has 0 amide bonds. The predicted octanol–water partition coefficient (Wildman–Crippen LogP) is 2.12. The van der Waals surface area contributed by atoms with Gasteiger partial charge >= 0.3 is 0 Å². The summed E-state index contributed by atoms with van der Waals surface area (Å²) in [4.78, 5) is 6.72. The summed E-state index contributed by atoms with van der Waals surface area (Å²) < 4.78 is 18.7. The molecule has 0 aliphatic carbocycles. The summed E-state index contributed by atoms with van der Waals surface area (Å²) in [5.74, 6) is 0.880. The Kier molecular flexibility index (Phi) is 8.67. The molecule has 3 rings (SSSR count). The van der Waals surface area contributed by atoms with E-state index in [0.29, 0.717) is 33.0 Å². The molecular formula is C22H33N5O3. The van der Waals surface area contributed by atoms with Crippen molar-refractivity contribution >= 4 is 5.96 Å². The van der Waals surface area contributed by atoms with E-state index in [1.807, 2.05) is 33.4 Å². The van der Waals surface area contributed by atoms with Gasteiger partial charge in [0.2, 0.25) is 0 Å². The van der Waals surface area contributed by atoms with Crippen molar-refractivity contribution in [1.82, 2.24) is 20.0 Å². The lowest BCUT2D eigenvalue weighted by atomic mass is 10.1. The molecule has 8 nitrogen and oxygen atoms in total. The molecule has 1 N–H and O–H groups in total. The van der Waals surface area contributed by atoms with E-state index in [4.69, 9.17) is 14.2 Å². The molecule has 2 heterocycles. The highest BCUT2D eigenvalue weighted by molar-refractivity contribution is 5.80. The number of nitrogens with one attached hydrogen (secondary N) is 1. The normalized spacial score (nSPS) is 17.4.